The average Bonchev–Trinajstić information content (AvgIpc) is 2.96. The van der Waals surface area contributed by atoms with Gasteiger partial charge in [0.25, 0.3) is 0 Å². The van der Waals surface area contributed by atoms with Gasteiger partial charge in [0.1, 0.15) is 0 Å². The first-order valence-corrected chi connectivity index (χ1v) is 7.46. The summed E-state index contributed by atoms with van der Waals surface area (Å²) in [6.07, 6.45) is 3.78. The quantitative estimate of drug-likeness (QED) is 0.760. The van der Waals surface area contributed by atoms with E-state index >= 15 is 0 Å². The van der Waals surface area contributed by atoms with Crippen LogP contribution >= 0.6 is 0 Å². The van der Waals surface area contributed by atoms with Gasteiger partial charge in [-0.05, 0) is 5.92 Å². The van der Waals surface area contributed by atoms with Gasteiger partial charge in [0.2, 0.25) is 0 Å². The first kappa shape index (κ1) is 14.5. The third kappa shape index (κ3) is 2.94. The number of nitrogens with zero attached hydrogens (tertiary/aromatic N) is 3. The van der Waals surface area contributed by atoms with Gasteiger partial charge in [0, 0.05) is 24.5 Å². The molecule has 5 heteroatoms. The Morgan fingerprint density at radius 1 is 1.14 bits per heavy atom. The molecule has 5 nitrogen and oxygen atoms in total. The predicted molar refractivity (Wildman–Crippen MR) is 87.7 cm³/mol. The summed E-state index contributed by atoms with van der Waals surface area (Å²) in [5.41, 5.74) is 3.31. The summed E-state index contributed by atoms with van der Waals surface area (Å²) in [5, 5.41) is 12.7. The van der Waals surface area contributed by atoms with Crippen LogP contribution in [0.3, 0.4) is 0 Å². The van der Waals surface area contributed by atoms with Crippen LogP contribution in [0.15, 0.2) is 42.7 Å². The van der Waals surface area contributed by atoms with Gasteiger partial charge >= 0.3 is 0 Å². The van der Waals surface area contributed by atoms with Crippen molar-refractivity contribution in [3.05, 3.63) is 48.4 Å². The fraction of sp³-hybridized carbons (Fsp3) is 0.294. The third-order valence-corrected chi connectivity index (χ3v) is 3.40. The highest BCUT2D eigenvalue weighted by atomic mass is 16.3. The number of aliphatic hydroxyl groups excluding tert-OH is 1. The van der Waals surface area contributed by atoms with Crippen LogP contribution in [0.4, 0.5) is 5.82 Å². The molecule has 3 aromatic rings. The second kappa shape index (κ2) is 6.15. The summed E-state index contributed by atoms with van der Waals surface area (Å²) in [6, 6.07) is 10.0. The molecule has 0 bridgehead atoms. The third-order valence-electron chi connectivity index (χ3n) is 3.40. The number of rotatable bonds is 5. The molecule has 2 heterocycles. The number of aliphatic hydroxyl groups is 1. The SMILES string of the molecule is CC(C)CNc1nc(-c2ccccc2)cn2cc(CO)nc12. The van der Waals surface area contributed by atoms with E-state index in [0.29, 0.717) is 11.6 Å². The lowest BCUT2D eigenvalue weighted by Crippen LogP contribution is -2.11. The number of aromatic nitrogens is 3. The van der Waals surface area contributed by atoms with Crippen LogP contribution in [0.2, 0.25) is 0 Å². The van der Waals surface area contributed by atoms with Crippen LogP contribution < -0.4 is 5.32 Å². The van der Waals surface area contributed by atoms with Gasteiger partial charge in [0.05, 0.1) is 18.0 Å². The summed E-state index contributed by atoms with van der Waals surface area (Å²) in [7, 11) is 0. The molecule has 2 N–H and O–H groups in total. The molecule has 3 rings (SSSR count). The van der Waals surface area contributed by atoms with Crippen LogP contribution in [0.1, 0.15) is 19.5 Å². The molecule has 0 aliphatic carbocycles. The molecule has 0 aliphatic heterocycles. The highest BCUT2D eigenvalue weighted by molar-refractivity contribution is 5.69. The second-order valence-corrected chi connectivity index (χ2v) is 5.74. The van der Waals surface area contributed by atoms with Crippen molar-refractivity contribution >= 4 is 11.5 Å². The molecule has 0 unspecified atom stereocenters. The minimum absolute atomic E-state index is 0.0774. The zero-order valence-corrected chi connectivity index (χ0v) is 12.8. The Hall–Kier alpha value is -2.40. The van der Waals surface area contributed by atoms with Crippen molar-refractivity contribution in [1.82, 2.24) is 14.4 Å². The standard InChI is InChI=1S/C17H20N4O/c1-12(2)8-18-16-17-19-14(11-22)9-21(17)10-15(20-16)13-6-4-3-5-7-13/h3-7,9-10,12,22H,8,11H2,1-2H3,(H,18,20). The monoisotopic (exact) mass is 296 g/mol. The average molecular weight is 296 g/mol. The maximum atomic E-state index is 9.32. The topological polar surface area (TPSA) is 62.5 Å². The smallest absolute Gasteiger partial charge is 0.180 e. The fourth-order valence-corrected chi connectivity index (χ4v) is 2.29. The van der Waals surface area contributed by atoms with Gasteiger partial charge in [-0.15, -0.1) is 0 Å². The van der Waals surface area contributed by atoms with Crippen LogP contribution in [0.5, 0.6) is 0 Å². The zero-order valence-electron chi connectivity index (χ0n) is 12.8. The zero-order chi connectivity index (χ0) is 15.5. The Bertz CT molecular complexity index is 765. The lowest BCUT2D eigenvalue weighted by Gasteiger charge is -2.11. The number of benzene rings is 1. The van der Waals surface area contributed by atoms with Gasteiger partial charge in [-0.2, -0.15) is 0 Å². The maximum Gasteiger partial charge on any atom is 0.180 e. The number of anilines is 1. The first-order chi connectivity index (χ1) is 10.7. The van der Waals surface area contributed by atoms with Crippen molar-refractivity contribution in [3.63, 3.8) is 0 Å². The molecule has 0 saturated carbocycles. The van der Waals surface area contributed by atoms with E-state index in [1.165, 1.54) is 0 Å². The number of hydrogen-bond acceptors (Lipinski definition) is 4. The van der Waals surface area contributed by atoms with Gasteiger partial charge in [-0.25, -0.2) is 9.97 Å². The summed E-state index contributed by atoms with van der Waals surface area (Å²) < 4.78 is 1.92. The largest absolute Gasteiger partial charge is 0.390 e. The predicted octanol–water partition coefficient (Wildman–Crippen LogP) is 2.96. The summed E-state index contributed by atoms with van der Waals surface area (Å²) in [6.45, 7) is 5.04. The molecule has 0 saturated heterocycles. The van der Waals surface area contributed by atoms with E-state index in [4.69, 9.17) is 4.98 Å². The molecule has 114 valence electrons. The van der Waals surface area contributed by atoms with E-state index in [2.05, 4.69) is 24.1 Å². The molecule has 0 radical (unpaired) electrons. The fourth-order valence-electron chi connectivity index (χ4n) is 2.29. The van der Waals surface area contributed by atoms with E-state index in [0.717, 1.165) is 29.3 Å². The van der Waals surface area contributed by atoms with Crippen LogP contribution in [-0.4, -0.2) is 26.0 Å². The molecule has 0 amide bonds. The van der Waals surface area contributed by atoms with Gasteiger partial charge < -0.3 is 14.8 Å². The van der Waals surface area contributed by atoms with Crippen molar-refractivity contribution < 1.29 is 5.11 Å². The van der Waals surface area contributed by atoms with E-state index in [9.17, 15) is 5.11 Å². The normalized spacial score (nSPS) is 11.3. The molecule has 22 heavy (non-hydrogen) atoms. The van der Waals surface area contributed by atoms with E-state index < -0.39 is 0 Å². The Labute approximate surface area is 129 Å². The van der Waals surface area contributed by atoms with Crippen LogP contribution in [-0.2, 0) is 6.61 Å². The lowest BCUT2D eigenvalue weighted by atomic mass is 10.2. The number of imidazole rings is 1. The Kier molecular flexibility index (Phi) is 4.06. The van der Waals surface area contributed by atoms with Crippen LogP contribution in [0, 0.1) is 5.92 Å². The minimum Gasteiger partial charge on any atom is -0.390 e. The van der Waals surface area contributed by atoms with Gasteiger partial charge in [0.15, 0.2) is 11.5 Å². The molecule has 0 atom stereocenters. The highest BCUT2D eigenvalue weighted by Crippen LogP contribution is 2.22. The van der Waals surface area contributed by atoms with Gasteiger partial charge in [-0.1, -0.05) is 44.2 Å². The molecule has 0 spiro atoms. The number of nitrogens with one attached hydrogen (secondary N) is 1. The summed E-state index contributed by atoms with van der Waals surface area (Å²) >= 11 is 0. The van der Waals surface area contributed by atoms with Crippen molar-refractivity contribution in [2.24, 2.45) is 5.92 Å². The van der Waals surface area contributed by atoms with Crippen LogP contribution in [0.25, 0.3) is 16.9 Å². The number of hydrogen-bond donors (Lipinski definition) is 2. The highest BCUT2D eigenvalue weighted by Gasteiger charge is 2.11. The minimum atomic E-state index is -0.0774. The van der Waals surface area contributed by atoms with Crippen molar-refractivity contribution in [2.45, 2.75) is 20.5 Å². The Balaban J connectivity index is 2.10. The second-order valence-electron chi connectivity index (χ2n) is 5.74. The maximum absolute atomic E-state index is 9.32. The van der Waals surface area contributed by atoms with Crippen molar-refractivity contribution in [1.29, 1.82) is 0 Å². The Morgan fingerprint density at radius 3 is 2.59 bits per heavy atom. The van der Waals surface area contributed by atoms with E-state index in [-0.39, 0.29) is 6.61 Å². The molecule has 2 aromatic heterocycles. The van der Waals surface area contributed by atoms with Crippen molar-refractivity contribution in [3.8, 4) is 11.3 Å². The molecule has 0 fully saturated rings. The molecule has 0 aliphatic rings. The number of fused-ring (bicyclic) bond motifs is 1. The summed E-state index contributed by atoms with van der Waals surface area (Å²) in [5.74, 6) is 1.25. The lowest BCUT2D eigenvalue weighted by molar-refractivity contribution is 0.277. The van der Waals surface area contributed by atoms with E-state index in [1.54, 1.807) is 0 Å². The molecular formula is C17H20N4O. The molecule has 1 aromatic carbocycles. The van der Waals surface area contributed by atoms with E-state index in [1.807, 2.05) is 47.1 Å². The summed E-state index contributed by atoms with van der Waals surface area (Å²) in [4.78, 5) is 9.15. The van der Waals surface area contributed by atoms with Gasteiger partial charge in [-0.3, -0.25) is 0 Å². The molecular weight excluding hydrogens is 276 g/mol. The Morgan fingerprint density at radius 2 is 1.91 bits per heavy atom. The van der Waals surface area contributed by atoms with Crippen molar-refractivity contribution in [2.75, 3.05) is 11.9 Å². The first-order valence-electron chi connectivity index (χ1n) is 7.46.